The molecule has 23 heavy (non-hydrogen) atoms. The van der Waals surface area contributed by atoms with Gasteiger partial charge in [0.15, 0.2) is 0 Å². The van der Waals surface area contributed by atoms with Crippen molar-refractivity contribution in [3.05, 3.63) is 75.0 Å². The van der Waals surface area contributed by atoms with Gasteiger partial charge < -0.3 is 0 Å². The molecule has 0 aliphatic carbocycles. The zero-order chi connectivity index (χ0) is 16.8. The van der Waals surface area contributed by atoms with E-state index in [-0.39, 0.29) is 17.1 Å². The number of hydrogen-bond donors (Lipinski definition) is 0. The minimum atomic E-state index is -0.464. The van der Waals surface area contributed by atoms with E-state index in [4.69, 9.17) is 9.59 Å². The molecule has 5 nitrogen and oxygen atoms in total. The summed E-state index contributed by atoms with van der Waals surface area (Å²) in [6, 6.07) is 12.3. The highest BCUT2D eigenvalue weighted by molar-refractivity contribution is 9.10. The van der Waals surface area contributed by atoms with Crippen LogP contribution in [-0.4, -0.2) is 15.7 Å². The van der Waals surface area contributed by atoms with E-state index in [2.05, 4.69) is 20.9 Å². The Balaban J connectivity index is 0.000000595. The second-order valence-electron chi connectivity index (χ2n) is 4.53. The molecule has 0 aliphatic heterocycles. The Hall–Kier alpha value is -2.63. The molecule has 116 valence electrons. The molecule has 2 aromatic carbocycles. The first-order valence-corrected chi connectivity index (χ1v) is 7.23. The van der Waals surface area contributed by atoms with Crippen molar-refractivity contribution in [1.82, 2.24) is 9.55 Å². The smallest absolute Gasteiger partial charge is 0.294 e. The van der Waals surface area contributed by atoms with E-state index < -0.39 is 5.82 Å². The molecule has 1 heterocycles. The molecule has 1 aromatic heterocycles. The molecular formula is C16H10BrFN2O3. The number of carbonyl (C=O) groups excluding carboxylic acids is 2. The van der Waals surface area contributed by atoms with Crippen LogP contribution in [0.15, 0.2) is 58.1 Å². The summed E-state index contributed by atoms with van der Waals surface area (Å²) in [4.78, 5) is 32.8. The lowest BCUT2D eigenvalue weighted by atomic mass is 10.2. The maximum Gasteiger partial charge on any atom is 0.373 e. The summed E-state index contributed by atoms with van der Waals surface area (Å²) in [5, 5.41) is 0.282. The lowest BCUT2D eigenvalue weighted by Crippen LogP contribution is -2.21. The van der Waals surface area contributed by atoms with Gasteiger partial charge in [0, 0.05) is 0 Å². The summed E-state index contributed by atoms with van der Waals surface area (Å²) in [5.74, 6) is -0.464. The molecule has 7 heteroatoms. The van der Waals surface area contributed by atoms with Gasteiger partial charge in [-0.1, -0.05) is 30.3 Å². The van der Waals surface area contributed by atoms with Crippen LogP contribution in [0.5, 0.6) is 0 Å². The summed E-state index contributed by atoms with van der Waals surface area (Å²) in [5.41, 5.74) is 1.23. The van der Waals surface area contributed by atoms with E-state index in [1.165, 1.54) is 23.0 Å². The topological polar surface area (TPSA) is 69.0 Å². The van der Waals surface area contributed by atoms with Gasteiger partial charge in [-0.25, -0.2) is 9.37 Å². The summed E-state index contributed by atoms with van der Waals surface area (Å²) in [6.07, 6.45) is 1.74. The highest BCUT2D eigenvalue weighted by Crippen LogP contribution is 2.19. The van der Waals surface area contributed by atoms with Crippen molar-refractivity contribution in [3.8, 4) is 0 Å². The molecule has 0 spiro atoms. The fourth-order valence-corrected chi connectivity index (χ4v) is 2.38. The van der Waals surface area contributed by atoms with Gasteiger partial charge in [-0.3, -0.25) is 9.36 Å². The van der Waals surface area contributed by atoms with Crippen molar-refractivity contribution in [2.45, 2.75) is 6.54 Å². The van der Waals surface area contributed by atoms with Crippen LogP contribution in [0.4, 0.5) is 4.39 Å². The van der Waals surface area contributed by atoms with Crippen LogP contribution < -0.4 is 5.56 Å². The molecule has 0 bridgehead atoms. The normalized spacial score (nSPS) is 9.83. The minimum Gasteiger partial charge on any atom is -0.294 e. The van der Waals surface area contributed by atoms with E-state index in [1.807, 2.05) is 30.3 Å². The van der Waals surface area contributed by atoms with E-state index in [0.29, 0.717) is 16.5 Å². The third kappa shape index (κ3) is 3.97. The molecule has 0 fully saturated rings. The van der Waals surface area contributed by atoms with Gasteiger partial charge in [0.25, 0.3) is 5.56 Å². The first-order valence-electron chi connectivity index (χ1n) is 6.44. The van der Waals surface area contributed by atoms with Crippen LogP contribution in [0.3, 0.4) is 0 Å². The van der Waals surface area contributed by atoms with Crippen LogP contribution in [-0.2, 0) is 16.1 Å². The average molecular weight is 377 g/mol. The number of benzene rings is 2. The first-order chi connectivity index (χ1) is 11.1. The zero-order valence-electron chi connectivity index (χ0n) is 11.7. The second kappa shape index (κ2) is 7.58. The molecule has 0 aliphatic rings. The minimum absolute atomic E-state index is 0.245. The molecule has 0 amide bonds. The van der Waals surface area contributed by atoms with Crippen molar-refractivity contribution in [2.75, 3.05) is 0 Å². The molecule has 3 rings (SSSR count). The van der Waals surface area contributed by atoms with Crippen molar-refractivity contribution in [3.63, 3.8) is 0 Å². The molecule has 3 aromatic rings. The Kier molecular flexibility index (Phi) is 5.51. The number of hydrogen-bond acceptors (Lipinski definition) is 4. The second-order valence-corrected chi connectivity index (χ2v) is 5.38. The van der Waals surface area contributed by atoms with Crippen LogP contribution in [0.2, 0.25) is 0 Å². The Bertz CT molecular complexity index is 920. The van der Waals surface area contributed by atoms with E-state index >= 15 is 0 Å². The number of nitrogens with zero attached hydrogens (tertiary/aromatic N) is 2. The molecule has 0 N–H and O–H groups in total. The Morgan fingerprint density at radius 3 is 2.48 bits per heavy atom. The fourth-order valence-electron chi connectivity index (χ4n) is 2.05. The lowest BCUT2D eigenvalue weighted by Gasteiger charge is -2.07. The predicted octanol–water partition coefficient (Wildman–Crippen LogP) is 2.76. The summed E-state index contributed by atoms with van der Waals surface area (Å²) >= 11 is 3.09. The zero-order valence-corrected chi connectivity index (χ0v) is 13.3. The SMILES string of the molecule is O=C=O.O=c1c2cc(F)c(Br)cc2ncn1Cc1ccccc1. The third-order valence-corrected chi connectivity index (χ3v) is 3.67. The van der Waals surface area contributed by atoms with Gasteiger partial charge >= 0.3 is 6.15 Å². The molecule has 0 unspecified atom stereocenters. The fraction of sp³-hybridized carbons (Fsp3) is 0.0625. The van der Waals surface area contributed by atoms with E-state index in [1.54, 1.807) is 0 Å². The highest BCUT2D eigenvalue weighted by atomic mass is 79.9. The van der Waals surface area contributed by atoms with Gasteiger partial charge in [0.2, 0.25) is 0 Å². The number of fused-ring (bicyclic) bond motifs is 1. The first kappa shape index (κ1) is 16.7. The third-order valence-electron chi connectivity index (χ3n) is 3.06. The van der Waals surface area contributed by atoms with Crippen LogP contribution >= 0.6 is 15.9 Å². The molecule has 0 saturated heterocycles. The van der Waals surface area contributed by atoms with Crippen LogP contribution in [0, 0.1) is 5.82 Å². The van der Waals surface area contributed by atoms with Crippen LogP contribution in [0.25, 0.3) is 10.9 Å². The predicted molar refractivity (Wildman–Crippen MR) is 84.2 cm³/mol. The summed E-state index contributed by atoms with van der Waals surface area (Å²) < 4.78 is 15.3. The van der Waals surface area contributed by atoms with Crippen molar-refractivity contribution < 1.29 is 14.0 Å². The largest absolute Gasteiger partial charge is 0.373 e. The molecule has 0 saturated carbocycles. The Morgan fingerprint density at radius 1 is 1.17 bits per heavy atom. The maximum atomic E-state index is 13.6. The number of halogens is 2. The monoisotopic (exact) mass is 376 g/mol. The van der Waals surface area contributed by atoms with Gasteiger partial charge in [-0.15, -0.1) is 0 Å². The molecule has 0 atom stereocenters. The van der Waals surface area contributed by atoms with Crippen molar-refractivity contribution >= 4 is 33.0 Å². The quantitative estimate of drug-likeness (QED) is 0.689. The molecule has 0 radical (unpaired) electrons. The maximum absolute atomic E-state index is 13.6. The van der Waals surface area contributed by atoms with Crippen LogP contribution in [0.1, 0.15) is 5.56 Å². The van der Waals surface area contributed by atoms with Crippen molar-refractivity contribution in [2.24, 2.45) is 0 Å². The van der Waals surface area contributed by atoms with E-state index in [9.17, 15) is 9.18 Å². The van der Waals surface area contributed by atoms with Gasteiger partial charge in [0.05, 0.1) is 28.2 Å². The summed E-state index contributed by atoms with van der Waals surface area (Å²) in [6.45, 7) is 0.417. The standard InChI is InChI=1S/C15H10BrFN2O.CO2/c16-12-7-14-11(6-13(12)17)15(20)19(9-18-14)8-10-4-2-1-3-5-10;2-1-3/h1-7,9H,8H2;. The van der Waals surface area contributed by atoms with E-state index in [0.717, 1.165) is 5.56 Å². The Labute approximate surface area is 138 Å². The van der Waals surface area contributed by atoms with Crippen molar-refractivity contribution in [1.29, 1.82) is 0 Å². The number of aromatic nitrogens is 2. The van der Waals surface area contributed by atoms with Gasteiger partial charge in [-0.2, -0.15) is 9.59 Å². The average Bonchev–Trinajstić information content (AvgIpc) is 2.54. The number of rotatable bonds is 2. The van der Waals surface area contributed by atoms with Gasteiger partial charge in [-0.05, 0) is 33.6 Å². The summed E-state index contributed by atoms with van der Waals surface area (Å²) in [7, 11) is 0. The van der Waals surface area contributed by atoms with Gasteiger partial charge in [0.1, 0.15) is 5.82 Å². The molecular weight excluding hydrogens is 367 g/mol. The highest BCUT2D eigenvalue weighted by Gasteiger charge is 2.08. The lowest BCUT2D eigenvalue weighted by molar-refractivity contribution is -0.191. The Morgan fingerprint density at radius 2 is 1.83 bits per heavy atom.